The van der Waals surface area contributed by atoms with E-state index in [1.54, 1.807) is 47.4 Å². The zero-order chi connectivity index (χ0) is 20.2. The number of aromatic amines is 1. The van der Waals surface area contributed by atoms with Crippen LogP contribution in [0.4, 0.5) is 0 Å². The van der Waals surface area contributed by atoms with Gasteiger partial charge in [0.2, 0.25) is 0 Å². The van der Waals surface area contributed by atoms with E-state index in [2.05, 4.69) is 9.97 Å². The highest BCUT2D eigenvalue weighted by atomic mass is 35.5. The van der Waals surface area contributed by atoms with E-state index in [1.807, 2.05) is 36.4 Å². The lowest BCUT2D eigenvalue weighted by molar-refractivity contribution is 0.0725. The van der Waals surface area contributed by atoms with E-state index in [-0.39, 0.29) is 18.0 Å². The number of para-hydroxylation sites is 1. The second-order valence-electron chi connectivity index (χ2n) is 6.66. The van der Waals surface area contributed by atoms with Crippen LogP contribution in [-0.4, -0.2) is 20.8 Å². The van der Waals surface area contributed by atoms with Crippen molar-refractivity contribution in [2.75, 3.05) is 0 Å². The van der Waals surface area contributed by atoms with Gasteiger partial charge in [-0.25, -0.2) is 4.98 Å². The molecule has 0 saturated carbocycles. The number of benzene rings is 3. The molecule has 1 aromatic heterocycles. The topological polar surface area (TPSA) is 66.1 Å². The van der Waals surface area contributed by atoms with E-state index in [9.17, 15) is 9.59 Å². The number of carbonyl (C=O) groups excluding carboxylic acids is 1. The zero-order valence-electron chi connectivity index (χ0n) is 15.5. The Morgan fingerprint density at radius 2 is 1.59 bits per heavy atom. The molecule has 0 aliphatic heterocycles. The highest BCUT2D eigenvalue weighted by Gasteiger charge is 2.20. The van der Waals surface area contributed by atoms with Crippen molar-refractivity contribution < 1.29 is 4.79 Å². The molecule has 144 valence electrons. The summed E-state index contributed by atoms with van der Waals surface area (Å²) in [6.07, 6.45) is 0. The van der Waals surface area contributed by atoms with Crippen molar-refractivity contribution in [1.82, 2.24) is 14.9 Å². The standard InChI is InChI=1S/C23H18ClN3O2/c24-19-12-6-4-10-17(19)23(29)27(14-16-8-2-1-3-9-16)15-21-25-20-13-7-5-11-18(20)22(28)26-21/h1-13H,14-15H2,(H,25,26,28). The molecule has 0 aliphatic rings. The van der Waals surface area contributed by atoms with Crippen molar-refractivity contribution >= 4 is 28.4 Å². The molecular formula is C23H18ClN3O2. The van der Waals surface area contributed by atoms with Gasteiger partial charge in [0.05, 0.1) is 28.0 Å². The molecule has 3 aromatic carbocycles. The summed E-state index contributed by atoms with van der Waals surface area (Å²) in [4.78, 5) is 34.6. The van der Waals surface area contributed by atoms with Gasteiger partial charge in [0, 0.05) is 6.54 Å². The largest absolute Gasteiger partial charge is 0.327 e. The number of rotatable bonds is 5. The lowest BCUT2D eigenvalue weighted by Gasteiger charge is -2.23. The fraction of sp³-hybridized carbons (Fsp3) is 0.0870. The first-order chi connectivity index (χ1) is 14.1. The van der Waals surface area contributed by atoms with E-state index < -0.39 is 0 Å². The number of amides is 1. The number of hydrogen-bond donors (Lipinski definition) is 1. The van der Waals surface area contributed by atoms with Crippen LogP contribution in [-0.2, 0) is 13.1 Å². The van der Waals surface area contributed by atoms with Crippen LogP contribution < -0.4 is 5.56 Å². The molecular weight excluding hydrogens is 386 g/mol. The van der Waals surface area contributed by atoms with Gasteiger partial charge in [-0.2, -0.15) is 0 Å². The number of carbonyl (C=O) groups is 1. The van der Waals surface area contributed by atoms with Gasteiger partial charge in [0.25, 0.3) is 11.5 Å². The zero-order valence-corrected chi connectivity index (χ0v) is 16.3. The molecule has 0 aliphatic carbocycles. The predicted molar refractivity (Wildman–Crippen MR) is 114 cm³/mol. The van der Waals surface area contributed by atoms with E-state index >= 15 is 0 Å². The van der Waals surface area contributed by atoms with Crippen molar-refractivity contribution in [2.45, 2.75) is 13.1 Å². The van der Waals surface area contributed by atoms with Crippen LogP contribution in [0, 0.1) is 0 Å². The van der Waals surface area contributed by atoms with E-state index in [1.165, 1.54) is 0 Å². The van der Waals surface area contributed by atoms with E-state index in [0.29, 0.717) is 33.9 Å². The van der Waals surface area contributed by atoms with Crippen molar-refractivity contribution in [1.29, 1.82) is 0 Å². The molecule has 5 nitrogen and oxygen atoms in total. The second kappa shape index (κ2) is 8.29. The van der Waals surface area contributed by atoms with Crippen LogP contribution in [0.25, 0.3) is 10.9 Å². The Labute approximate surface area is 172 Å². The predicted octanol–water partition coefficient (Wildman–Crippen LogP) is 4.42. The van der Waals surface area contributed by atoms with Gasteiger partial charge in [-0.15, -0.1) is 0 Å². The Morgan fingerprint density at radius 1 is 0.897 bits per heavy atom. The number of nitrogens with zero attached hydrogens (tertiary/aromatic N) is 2. The Morgan fingerprint density at radius 3 is 2.38 bits per heavy atom. The molecule has 1 amide bonds. The summed E-state index contributed by atoms with van der Waals surface area (Å²) in [5.74, 6) is 0.195. The molecule has 0 spiro atoms. The molecule has 0 saturated heterocycles. The monoisotopic (exact) mass is 403 g/mol. The van der Waals surface area contributed by atoms with Gasteiger partial charge in [0.15, 0.2) is 0 Å². The third kappa shape index (κ3) is 4.20. The quantitative estimate of drug-likeness (QED) is 0.536. The number of halogens is 1. The molecule has 0 radical (unpaired) electrons. The van der Waals surface area contributed by atoms with Crippen LogP contribution in [0.2, 0.25) is 5.02 Å². The summed E-state index contributed by atoms with van der Waals surface area (Å²) in [6.45, 7) is 0.514. The molecule has 4 aromatic rings. The third-order valence-corrected chi connectivity index (χ3v) is 4.94. The van der Waals surface area contributed by atoms with Crippen LogP contribution in [0.3, 0.4) is 0 Å². The summed E-state index contributed by atoms with van der Waals surface area (Å²) >= 11 is 6.25. The maximum Gasteiger partial charge on any atom is 0.258 e. The lowest BCUT2D eigenvalue weighted by Crippen LogP contribution is -2.32. The van der Waals surface area contributed by atoms with E-state index in [4.69, 9.17) is 11.6 Å². The lowest BCUT2D eigenvalue weighted by atomic mass is 10.1. The minimum Gasteiger partial charge on any atom is -0.327 e. The van der Waals surface area contributed by atoms with Gasteiger partial charge in [-0.05, 0) is 29.8 Å². The minimum atomic E-state index is -0.227. The summed E-state index contributed by atoms with van der Waals surface area (Å²) in [6, 6.07) is 23.7. The minimum absolute atomic E-state index is 0.152. The number of fused-ring (bicyclic) bond motifs is 1. The van der Waals surface area contributed by atoms with Gasteiger partial charge >= 0.3 is 0 Å². The van der Waals surface area contributed by atoms with Crippen molar-refractivity contribution in [3.8, 4) is 0 Å². The summed E-state index contributed by atoms with van der Waals surface area (Å²) < 4.78 is 0. The molecule has 1 heterocycles. The summed E-state index contributed by atoms with van der Waals surface area (Å²) in [7, 11) is 0. The van der Waals surface area contributed by atoms with Crippen molar-refractivity contribution in [2.24, 2.45) is 0 Å². The number of aromatic nitrogens is 2. The van der Waals surface area contributed by atoms with Crippen molar-refractivity contribution in [3.63, 3.8) is 0 Å². The van der Waals surface area contributed by atoms with Crippen LogP contribution in [0.1, 0.15) is 21.7 Å². The highest BCUT2D eigenvalue weighted by Crippen LogP contribution is 2.20. The average molecular weight is 404 g/mol. The third-order valence-electron chi connectivity index (χ3n) is 4.61. The fourth-order valence-electron chi connectivity index (χ4n) is 3.20. The Kier molecular flexibility index (Phi) is 5.40. The molecule has 0 fully saturated rings. The molecule has 29 heavy (non-hydrogen) atoms. The SMILES string of the molecule is O=C(c1ccccc1Cl)N(Cc1ccccc1)Cc1nc2ccccc2c(=O)[nH]1. The first-order valence-corrected chi connectivity index (χ1v) is 9.55. The number of hydrogen-bond acceptors (Lipinski definition) is 3. The van der Waals surface area contributed by atoms with Crippen LogP contribution in [0.5, 0.6) is 0 Å². The van der Waals surface area contributed by atoms with Crippen LogP contribution in [0.15, 0.2) is 83.7 Å². The smallest absolute Gasteiger partial charge is 0.258 e. The molecule has 1 N–H and O–H groups in total. The van der Waals surface area contributed by atoms with Gasteiger partial charge < -0.3 is 9.88 Å². The molecule has 6 heteroatoms. The summed E-state index contributed by atoms with van der Waals surface area (Å²) in [5, 5.41) is 0.902. The Bertz CT molecular complexity index is 1220. The molecule has 0 bridgehead atoms. The highest BCUT2D eigenvalue weighted by molar-refractivity contribution is 6.33. The first-order valence-electron chi connectivity index (χ1n) is 9.17. The second-order valence-corrected chi connectivity index (χ2v) is 7.06. The Balaban J connectivity index is 1.71. The maximum absolute atomic E-state index is 13.2. The van der Waals surface area contributed by atoms with E-state index in [0.717, 1.165) is 5.56 Å². The maximum atomic E-state index is 13.2. The van der Waals surface area contributed by atoms with Gasteiger partial charge in [-0.1, -0.05) is 66.2 Å². The van der Waals surface area contributed by atoms with Crippen LogP contribution >= 0.6 is 11.6 Å². The summed E-state index contributed by atoms with van der Waals surface area (Å²) in [5.41, 5.74) is 1.75. The molecule has 4 rings (SSSR count). The van der Waals surface area contributed by atoms with Crippen molar-refractivity contribution in [3.05, 3.63) is 111 Å². The number of nitrogens with one attached hydrogen (secondary N) is 1. The Hall–Kier alpha value is -3.44. The molecule has 0 unspecified atom stereocenters. The fourth-order valence-corrected chi connectivity index (χ4v) is 3.42. The molecule has 0 atom stereocenters. The first kappa shape index (κ1) is 18.9. The van der Waals surface area contributed by atoms with Gasteiger partial charge in [-0.3, -0.25) is 9.59 Å². The normalized spacial score (nSPS) is 10.8. The number of H-pyrrole nitrogens is 1. The van der Waals surface area contributed by atoms with Gasteiger partial charge in [0.1, 0.15) is 5.82 Å². The average Bonchev–Trinajstić information content (AvgIpc) is 2.74.